The summed E-state index contributed by atoms with van der Waals surface area (Å²) >= 11 is 0. The van der Waals surface area contributed by atoms with Crippen molar-refractivity contribution in [3.8, 4) is 0 Å². The van der Waals surface area contributed by atoms with Gasteiger partial charge in [-0.15, -0.1) is 0 Å². The highest BCUT2D eigenvalue weighted by molar-refractivity contribution is 5.93. The average molecular weight is 311 g/mol. The summed E-state index contributed by atoms with van der Waals surface area (Å²) in [5, 5.41) is 10.2. The van der Waals surface area contributed by atoms with Gasteiger partial charge in [0.1, 0.15) is 0 Å². The van der Waals surface area contributed by atoms with Crippen molar-refractivity contribution in [2.75, 3.05) is 0 Å². The fourth-order valence-electron chi connectivity index (χ4n) is 3.70. The average Bonchev–Trinajstić information content (AvgIpc) is 3.07. The molecule has 1 aromatic carbocycles. The number of hydrogen-bond donors (Lipinski definition) is 4. The number of rotatable bonds is 2. The smallest absolute Gasteiger partial charge is 0.335 e. The predicted octanol–water partition coefficient (Wildman–Crippen LogP) is 3.48. The van der Waals surface area contributed by atoms with Gasteiger partial charge in [-0.05, 0) is 53.8 Å². The van der Waals surface area contributed by atoms with E-state index in [1.807, 2.05) is 6.07 Å². The zero-order valence-electron chi connectivity index (χ0n) is 13.4. The van der Waals surface area contributed by atoms with Crippen molar-refractivity contribution >= 4 is 16.9 Å². The SMILES string of the molecule is CC1(C)CCC2=C(C1)NNC2c1cc2ccc(C(=O)O)cc2[nH]1. The number of allylic oxidation sites excluding steroid dienone is 1. The van der Waals surface area contributed by atoms with Crippen LogP contribution in [-0.4, -0.2) is 16.1 Å². The number of H-pyrrole nitrogens is 1. The summed E-state index contributed by atoms with van der Waals surface area (Å²) in [7, 11) is 0. The van der Waals surface area contributed by atoms with Crippen molar-refractivity contribution in [1.29, 1.82) is 0 Å². The molecule has 4 rings (SSSR count). The molecule has 120 valence electrons. The van der Waals surface area contributed by atoms with Crippen molar-refractivity contribution in [1.82, 2.24) is 15.8 Å². The van der Waals surface area contributed by atoms with Crippen LogP contribution in [0.4, 0.5) is 0 Å². The highest BCUT2D eigenvalue weighted by Crippen LogP contribution is 2.43. The molecule has 5 heteroatoms. The third-order valence-corrected chi connectivity index (χ3v) is 5.03. The minimum atomic E-state index is -0.900. The summed E-state index contributed by atoms with van der Waals surface area (Å²) < 4.78 is 0. The Bertz CT molecular complexity index is 832. The molecule has 1 aliphatic heterocycles. The number of hydrogen-bond acceptors (Lipinski definition) is 3. The molecule has 0 radical (unpaired) electrons. The number of aromatic nitrogens is 1. The number of carboxylic acids is 1. The summed E-state index contributed by atoms with van der Waals surface area (Å²) in [5.74, 6) is -0.900. The Balaban J connectivity index is 1.70. The molecule has 0 saturated heterocycles. The summed E-state index contributed by atoms with van der Waals surface area (Å²) in [4.78, 5) is 14.5. The van der Waals surface area contributed by atoms with Crippen molar-refractivity contribution in [2.45, 2.75) is 39.2 Å². The van der Waals surface area contributed by atoms with E-state index in [0.717, 1.165) is 29.4 Å². The minimum Gasteiger partial charge on any atom is -0.478 e. The van der Waals surface area contributed by atoms with E-state index in [4.69, 9.17) is 5.11 Å². The lowest BCUT2D eigenvalue weighted by Crippen LogP contribution is -2.28. The molecule has 0 fully saturated rings. The number of aromatic amines is 1. The molecule has 0 amide bonds. The molecule has 1 atom stereocenters. The van der Waals surface area contributed by atoms with Gasteiger partial charge in [0.05, 0.1) is 11.6 Å². The van der Waals surface area contributed by atoms with E-state index in [1.54, 1.807) is 12.1 Å². The first-order chi connectivity index (χ1) is 10.9. The second-order valence-electron chi connectivity index (χ2n) is 7.38. The first-order valence-corrected chi connectivity index (χ1v) is 8.02. The molecule has 0 bridgehead atoms. The molecule has 2 heterocycles. The number of nitrogens with one attached hydrogen (secondary N) is 3. The Hall–Kier alpha value is -2.27. The summed E-state index contributed by atoms with van der Waals surface area (Å²) in [6, 6.07) is 7.46. The van der Waals surface area contributed by atoms with Crippen LogP contribution >= 0.6 is 0 Å². The van der Waals surface area contributed by atoms with Gasteiger partial charge >= 0.3 is 5.97 Å². The minimum absolute atomic E-state index is 0.141. The normalized spacial score (nSPS) is 23.0. The molecular weight excluding hydrogens is 290 g/mol. The van der Waals surface area contributed by atoms with Crippen LogP contribution in [0.2, 0.25) is 0 Å². The fourth-order valence-corrected chi connectivity index (χ4v) is 3.70. The fraction of sp³-hybridized carbons (Fsp3) is 0.389. The number of aromatic carboxylic acids is 1. The van der Waals surface area contributed by atoms with Crippen molar-refractivity contribution < 1.29 is 9.90 Å². The third kappa shape index (κ3) is 2.41. The number of fused-ring (bicyclic) bond motifs is 1. The van der Waals surface area contributed by atoms with Gasteiger partial charge in [-0.2, -0.15) is 0 Å². The van der Waals surface area contributed by atoms with Crippen LogP contribution < -0.4 is 10.9 Å². The molecule has 0 saturated carbocycles. The third-order valence-electron chi connectivity index (χ3n) is 5.03. The van der Waals surface area contributed by atoms with Gasteiger partial charge in [-0.1, -0.05) is 19.9 Å². The van der Waals surface area contributed by atoms with Crippen LogP contribution in [0.15, 0.2) is 35.5 Å². The summed E-state index contributed by atoms with van der Waals surface area (Å²) in [5.41, 5.74) is 12.1. The molecule has 4 N–H and O–H groups in total. The molecule has 1 unspecified atom stereocenters. The van der Waals surface area contributed by atoms with Crippen LogP contribution in [0.1, 0.15) is 55.2 Å². The first kappa shape index (κ1) is 14.3. The van der Waals surface area contributed by atoms with Crippen LogP contribution in [0.25, 0.3) is 10.9 Å². The van der Waals surface area contributed by atoms with E-state index in [0.29, 0.717) is 11.0 Å². The molecular formula is C18H21N3O2. The maximum absolute atomic E-state index is 11.1. The molecule has 2 aromatic rings. The zero-order chi connectivity index (χ0) is 16.2. The Morgan fingerprint density at radius 3 is 2.91 bits per heavy atom. The van der Waals surface area contributed by atoms with Crippen LogP contribution in [-0.2, 0) is 0 Å². The van der Waals surface area contributed by atoms with Gasteiger partial charge in [0.15, 0.2) is 0 Å². The van der Waals surface area contributed by atoms with E-state index >= 15 is 0 Å². The number of benzene rings is 1. The lowest BCUT2D eigenvalue weighted by atomic mass is 9.75. The largest absolute Gasteiger partial charge is 0.478 e. The molecule has 1 aliphatic carbocycles. The molecule has 1 aromatic heterocycles. The van der Waals surface area contributed by atoms with Crippen molar-refractivity contribution in [3.63, 3.8) is 0 Å². The van der Waals surface area contributed by atoms with Crippen LogP contribution in [0, 0.1) is 5.41 Å². The van der Waals surface area contributed by atoms with E-state index in [2.05, 4.69) is 35.7 Å². The topological polar surface area (TPSA) is 77.2 Å². The zero-order valence-corrected chi connectivity index (χ0v) is 13.4. The molecule has 5 nitrogen and oxygen atoms in total. The van der Waals surface area contributed by atoms with Crippen LogP contribution in [0.5, 0.6) is 0 Å². The summed E-state index contributed by atoms with van der Waals surface area (Å²) in [6.45, 7) is 4.62. The maximum Gasteiger partial charge on any atom is 0.335 e. The van der Waals surface area contributed by atoms with Gasteiger partial charge < -0.3 is 15.5 Å². The quantitative estimate of drug-likeness (QED) is 0.685. The number of carboxylic acid groups (broad SMARTS) is 1. The lowest BCUT2D eigenvalue weighted by Gasteiger charge is -2.30. The number of hydrazine groups is 1. The van der Waals surface area contributed by atoms with Gasteiger partial charge in [0.25, 0.3) is 0 Å². The highest BCUT2D eigenvalue weighted by atomic mass is 16.4. The molecule has 0 spiro atoms. The van der Waals surface area contributed by atoms with Gasteiger partial charge in [0, 0.05) is 16.9 Å². The molecule has 23 heavy (non-hydrogen) atoms. The van der Waals surface area contributed by atoms with Gasteiger partial charge in [-0.25, -0.2) is 10.2 Å². The van der Waals surface area contributed by atoms with Crippen molar-refractivity contribution in [2.24, 2.45) is 5.41 Å². The van der Waals surface area contributed by atoms with Gasteiger partial charge in [0.2, 0.25) is 0 Å². The van der Waals surface area contributed by atoms with E-state index in [9.17, 15) is 4.79 Å². The second-order valence-corrected chi connectivity index (χ2v) is 7.38. The Kier molecular flexibility index (Phi) is 3.03. The number of carbonyl (C=O) groups is 1. The lowest BCUT2D eigenvalue weighted by molar-refractivity contribution is 0.0697. The van der Waals surface area contributed by atoms with Crippen molar-refractivity contribution in [3.05, 3.63) is 46.8 Å². The Morgan fingerprint density at radius 2 is 2.13 bits per heavy atom. The highest BCUT2D eigenvalue weighted by Gasteiger charge is 2.35. The van der Waals surface area contributed by atoms with E-state index < -0.39 is 5.97 Å². The monoisotopic (exact) mass is 311 g/mol. The van der Waals surface area contributed by atoms with Gasteiger partial charge in [-0.3, -0.25) is 0 Å². The second kappa shape index (κ2) is 4.86. The molecule has 2 aliphatic rings. The van der Waals surface area contributed by atoms with E-state index in [-0.39, 0.29) is 6.04 Å². The van der Waals surface area contributed by atoms with Crippen LogP contribution in [0.3, 0.4) is 0 Å². The standard InChI is InChI=1S/C18H21N3O2/c1-18(2)6-5-12-15(9-18)20-21-16(12)14-7-10-3-4-11(17(22)23)8-13(10)19-14/h3-4,7-8,16,19-21H,5-6,9H2,1-2H3,(H,22,23). The summed E-state index contributed by atoms with van der Waals surface area (Å²) in [6.07, 6.45) is 3.34. The maximum atomic E-state index is 11.1. The Labute approximate surface area is 134 Å². The first-order valence-electron chi connectivity index (χ1n) is 8.02. The predicted molar refractivity (Wildman–Crippen MR) is 88.9 cm³/mol. The van der Waals surface area contributed by atoms with E-state index in [1.165, 1.54) is 17.7 Å². The Morgan fingerprint density at radius 1 is 1.30 bits per heavy atom.